The lowest BCUT2D eigenvalue weighted by molar-refractivity contribution is 0.897. The van der Waals surface area contributed by atoms with Gasteiger partial charge in [0.15, 0.2) is 11.6 Å². The van der Waals surface area contributed by atoms with Crippen molar-refractivity contribution in [3.8, 4) is 0 Å². The topological polar surface area (TPSA) is 66.0 Å². The van der Waals surface area contributed by atoms with Gasteiger partial charge in [-0.05, 0) is 18.6 Å². The van der Waals surface area contributed by atoms with Gasteiger partial charge in [0.05, 0.1) is 5.69 Å². The Balaban J connectivity index is 1.74. The molecule has 0 bridgehead atoms. The van der Waals surface area contributed by atoms with Crippen LogP contribution < -0.4 is 15.5 Å². The first-order valence-electron chi connectivity index (χ1n) is 6.63. The quantitative estimate of drug-likeness (QED) is 0.750. The van der Waals surface area contributed by atoms with Gasteiger partial charge in [0, 0.05) is 52.0 Å². The highest BCUT2D eigenvalue weighted by atomic mass is 15.2. The summed E-state index contributed by atoms with van der Waals surface area (Å²) >= 11 is 0. The van der Waals surface area contributed by atoms with Gasteiger partial charge in [0.25, 0.3) is 0 Å². The van der Waals surface area contributed by atoms with Gasteiger partial charge < -0.3 is 15.5 Å². The second kappa shape index (κ2) is 7.28. The van der Waals surface area contributed by atoms with Crippen LogP contribution in [0.5, 0.6) is 0 Å². The Bertz CT molecular complexity index is 514. The lowest BCUT2D eigenvalue weighted by Gasteiger charge is -2.15. The molecule has 20 heavy (non-hydrogen) atoms. The molecule has 0 aromatic carbocycles. The molecule has 0 radical (unpaired) electrons. The fraction of sp³-hybridized carbons (Fsp3) is 0.357. The van der Waals surface area contributed by atoms with E-state index in [2.05, 4.69) is 25.6 Å². The molecule has 0 saturated carbocycles. The van der Waals surface area contributed by atoms with Crippen LogP contribution in [0.3, 0.4) is 0 Å². The van der Waals surface area contributed by atoms with Gasteiger partial charge in [0.2, 0.25) is 0 Å². The van der Waals surface area contributed by atoms with E-state index in [0.717, 1.165) is 36.8 Å². The summed E-state index contributed by atoms with van der Waals surface area (Å²) < 4.78 is 0. The number of nitrogens with one attached hydrogen (secondary N) is 2. The van der Waals surface area contributed by atoms with Gasteiger partial charge >= 0.3 is 0 Å². The predicted octanol–water partition coefficient (Wildman–Crippen LogP) is 1.85. The summed E-state index contributed by atoms with van der Waals surface area (Å²) in [6.07, 6.45) is 7.97. The molecule has 106 valence electrons. The monoisotopic (exact) mass is 272 g/mol. The fourth-order valence-electron chi connectivity index (χ4n) is 1.78. The van der Waals surface area contributed by atoms with Crippen molar-refractivity contribution >= 4 is 17.3 Å². The van der Waals surface area contributed by atoms with Crippen molar-refractivity contribution in [1.82, 2.24) is 15.0 Å². The maximum atomic E-state index is 4.31. The Morgan fingerprint density at radius 3 is 2.60 bits per heavy atom. The summed E-state index contributed by atoms with van der Waals surface area (Å²) in [6.45, 7) is 1.73. The minimum Gasteiger partial charge on any atom is -0.384 e. The van der Waals surface area contributed by atoms with E-state index in [9.17, 15) is 0 Å². The maximum Gasteiger partial charge on any atom is 0.171 e. The maximum absolute atomic E-state index is 4.31. The number of pyridine rings is 1. The van der Waals surface area contributed by atoms with Gasteiger partial charge in [-0.15, -0.1) is 0 Å². The molecular weight excluding hydrogens is 252 g/mol. The Labute approximate surface area is 119 Å². The van der Waals surface area contributed by atoms with Gasteiger partial charge in [-0.25, -0.2) is 9.97 Å². The predicted molar refractivity (Wildman–Crippen MR) is 82.2 cm³/mol. The van der Waals surface area contributed by atoms with E-state index in [1.54, 1.807) is 18.6 Å². The van der Waals surface area contributed by atoms with Crippen molar-refractivity contribution in [3.63, 3.8) is 0 Å². The molecule has 2 aromatic rings. The van der Waals surface area contributed by atoms with Crippen molar-refractivity contribution in [2.75, 3.05) is 42.7 Å². The molecule has 6 nitrogen and oxygen atoms in total. The Kier molecular flexibility index (Phi) is 5.11. The number of hydrogen-bond acceptors (Lipinski definition) is 6. The highest BCUT2D eigenvalue weighted by molar-refractivity contribution is 5.59. The van der Waals surface area contributed by atoms with Crippen LogP contribution >= 0.6 is 0 Å². The molecule has 0 atom stereocenters. The summed E-state index contributed by atoms with van der Waals surface area (Å²) in [5.41, 5.74) is 1.04. The van der Waals surface area contributed by atoms with E-state index in [4.69, 9.17) is 0 Å². The van der Waals surface area contributed by atoms with Crippen molar-refractivity contribution in [3.05, 3.63) is 36.9 Å². The Morgan fingerprint density at radius 2 is 1.85 bits per heavy atom. The molecule has 0 spiro atoms. The Morgan fingerprint density at radius 1 is 1.05 bits per heavy atom. The molecule has 2 heterocycles. The molecule has 2 aromatic heterocycles. The number of hydrogen-bond donors (Lipinski definition) is 2. The van der Waals surface area contributed by atoms with Gasteiger partial charge in [-0.1, -0.05) is 0 Å². The summed E-state index contributed by atoms with van der Waals surface area (Å²) in [5.74, 6) is 1.67. The lowest BCUT2D eigenvalue weighted by atomic mass is 10.3. The van der Waals surface area contributed by atoms with Crippen molar-refractivity contribution in [1.29, 1.82) is 0 Å². The highest BCUT2D eigenvalue weighted by Gasteiger charge is 2.05. The molecule has 0 aliphatic carbocycles. The first kappa shape index (κ1) is 14.0. The summed E-state index contributed by atoms with van der Waals surface area (Å²) in [4.78, 5) is 14.6. The largest absolute Gasteiger partial charge is 0.384 e. The third kappa shape index (κ3) is 4.08. The normalized spacial score (nSPS) is 10.1. The van der Waals surface area contributed by atoms with Gasteiger partial charge in [0.1, 0.15) is 0 Å². The third-order valence-electron chi connectivity index (χ3n) is 2.74. The van der Waals surface area contributed by atoms with Gasteiger partial charge in [-0.2, -0.15) is 0 Å². The summed E-state index contributed by atoms with van der Waals surface area (Å²) in [6, 6.07) is 3.93. The molecule has 6 heteroatoms. The first-order chi connectivity index (χ1) is 9.77. The second-order valence-electron chi connectivity index (χ2n) is 4.57. The van der Waals surface area contributed by atoms with E-state index in [1.807, 2.05) is 37.3 Å². The number of rotatable bonds is 7. The zero-order valence-electron chi connectivity index (χ0n) is 11.9. The van der Waals surface area contributed by atoms with Crippen molar-refractivity contribution in [2.24, 2.45) is 0 Å². The van der Waals surface area contributed by atoms with Crippen LogP contribution in [0.25, 0.3) is 0 Å². The highest BCUT2D eigenvalue weighted by Crippen LogP contribution is 2.16. The van der Waals surface area contributed by atoms with E-state index < -0.39 is 0 Å². The van der Waals surface area contributed by atoms with E-state index >= 15 is 0 Å². The molecule has 2 N–H and O–H groups in total. The summed E-state index contributed by atoms with van der Waals surface area (Å²) in [5, 5.41) is 6.63. The molecule has 0 unspecified atom stereocenters. The van der Waals surface area contributed by atoms with Crippen LogP contribution in [0.4, 0.5) is 17.3 Å². The van der Waals surface area contributed by atoms with Crippen LogP contribution in [-0.4, -0.2) is 42.1 Å². The molecule has 0 aliphatic heterocycles. The molecule has 0 saturated heterocycles. The van der Waals surface area contributed by atoms with Crippen LogP contribution in [0.2, 0.25) is 0 Å². The SMILES string of the molecule is CN(C)c1nccnc1NCCCNc1cccnc1. The molecule has 0 aliphatic rings. The van der Waals surface area contributed by atoms with E-state index in [-0.39, 0.29) is 0 Å². The second-order valence-corrected chi connectivity index (χ2v) is 4.57. The average molecular weight is 272 g/mol. The van der Waals surface area contributed by atoms with E-state index in [1.165, 1.54) is 0 Å². The number of nitrogens with zero attached hydrogens (tertiary/aromatic N) is 4. The van der Waals surface area contributed by atoms with Crippen LogP contribution in [0, 0.1) is 0 Å². The minimum atomic E-state index is 0.818. The van der Waals surface area contributed by atoms with Crippen LogP contribution in [-0.2, 0) is 0 Å². The Hall–Kier alpha value is -2.37. The van der Waals surface area contributed by atoms with Crippen molar-refractivity contribution in [2.45, 2.75) is 6.42 Å². The fourth-order valence-corrected chi connectivity index (χ4v) is 1.78. The van der Waals surface area contributed by atoms with E-state index in [0.29, 0.717) is 0 Å². The zero-order chi connectivity index (χ0) is 14.2. The molecular formula is C14H20N6. The lowest BCUT2D eigenvalue weighted by Crippen LogP contribution is -2.16. The van der Waals surface area contributed by atoms with Crippen LogP contribution in [0.1, 0.15) is 6.42 Å². The molecule has 0 fully saturated rings. The molecule has 2 rings (SSSR count). The van der Waals surface area contributed by atoms with Crippen molar-refractivity contribution < 1.29 is 0 Å². The smallest absolute Gasteiger partial charge is 0.171 e. The molecule has 0 amide bonds. The third-order valence-corrected chi connectivity index (χ3v) is 2.74. The zero-order valence-corrected chi connectivity index (χ0v) is 11.9. The summed E-state index contributed by atoms with van der Waals surface area (Å²) in [7, 11) is 3.91. The first-order valence-corrected chi connectivity index (χ1v) is 6.63. The standard InChI is InChI=1S/C14H20N6/c1-20(2)14-13(18-9-10-19-14)17-8-4-7-16-12-5-3-6-15-11-12/h3,5-6,9-11,16H,4,7-8H2,1-2H3,(H,17,18). The number of aromatic nitrogens is 3. The van der Waals surface area contributed by atoms with Crippen LogP contribution in [0.15, 0.2) is 36.9 Å². The number of anilines is 3. The van der Waals surface area contributed by atoms with Gasteiger partial charge in [-0.3, -0.25) is 4.98 Å². The average Bonchev–Trinajstić information content (AvgIpc) is 2.48. The minimum absolute atomic E-state index is 0.818.